The van der Waals surface area contributed by atoms with E-state index in [1.807, 2.05) is 0 Å². The Morgan fingerprint density at radius 2 is 1.67 bits per heavy atom. The molecule has 0 atom stereocenters. The molecule has 9 heavy (non-hydrogen) atoms. The summed E-state index contributed by atoms with van der Waals surface area (Å²) in [5.74, 6) is -1.63. The number of benzene rings is 1. The molecule has 0 amide bonds. The first kappa shape index (κ1) is 4.97. The minimum atomic E-state index is -1.63. The molecule has 1 aromatic carbocycles. The van der Waals surface area contributed by atoms with Crippen molar-refractivity contribution in [3.05, 3.63) is 35.4 Å². The highest BCUT2D eigenvalue weighted by molar-refractivity contribution is 5.44. The molecule has 0 unspecified atom stereocenters. The largest absolute Gasteiger partial charge is 0.358 e. The second kappa shape index (κ2) is 1.17. The van der Waals surface area contributed by atoms with Gasteiger partial charge in [-0.25, -0.2) is 0 Å². The van der Waals surface area contributed by atoms with Crippen LogP contribution in [-0.2, 0) is 5.79 Å². The molecule has 2 N–H and O–H groups in total. The molecular formula is C7H6O2. The van der Waals surface area contributed by atoms with E-state index < -0.39 is 5.79 Å². The van der Waals surface area contributed by atoms with Crippen molar-refractivity contribution in [3.8, 4) is 0 Å². The fourth-order valence-corrected chi connectivity index (χ4v) is 1.04. The number of aliphatic hydroxyl groups is 2. The molecule has 46 valence electrons. The molecule has 2 nitrogen and oxygen atoms in total. The molecular weight excluding hydrogens is 116 g/mol. The topological polar surface area (TPSA) is 40.5 Å². The van der Waals surface area contributed by atoms with Crippen molar-refractivity contribution in [3.63, 3.8) is 0 Å². The normalized spacial score (nSPS) is 18.9. The Morgan fingerprint density at radius 1 is 1.11 bits per heavy atom. The lowest BCUT2D eigenvalue weighted by Gasteiger charge is -2.31. The van der Waals surface area contributed by atoms with Gasteiger partial charge in [-0.3, -0.25) is 0 Å². The summed E-state index contributed by atoms with van der Waals surface area (Å²) >= 11 is 0. The Bertz CT molecular complexity index is 224. The molecule has 2 bridgehead atoms. The zero-order chi connectivity index (χ0) is 6.48. The maximum absolute atomic E-state index is 9.06. The third-order valence-electron chi connectivity index (χ3n) is 1.67. The van der Waals surface area contributed by atoms with E-state index in [-0.39, 0.29) is 0 Å². The highest BCUT2D eigenvalue weighted by Gasteiger charge is 2.36. The van der Waals surface area contributed by atoms with Crippen LogP contribution in [0.5, 0.6) is 0 Å². The van der Waals surface area contributed by atoms with E-state index in [1.165, 1.54) is 0 Å². The Hall–Kier alpha value is -0.860. The smallest absolute Gasteiger partial charge is 0.217 e. The number of rotatable bonds is 0. The first-order valence-electron chi connectivity index (χ1n) is 2.77. The molecule has 0 heterocycles. The van der Waals surface area contributed by atoms with E-state index in [9.17, 15) is 0 Å². The van der Waals surface area contributed by atoms with Crippen LogP contribution in [0.25, 0.3) is 0 Å². The van der Waals surface area contributed by atoms with Gasteiger partial charge in [0.1, 0.15) is 0 Å². The van der Waals surface area contributed by atoms with Gasteiger partial charge in [0.25, 0.3) is 0 Å². The van der Waals surface area contributed by atoms with Crippen LogP contribution in [0.15, 0.2) is 24.3 Å². The highest BCUT2D eigenvalue weighted by atomic mass is 16.5. The van der Waals surface area contributed by atoms with Crippen LogP contribution in [0, 0.1) is 0 Å². The molecule has 0 saturated heterocycles. The summed E-state index contributed by atoms with van der Waals surface area (Å²) < 4.78 is 0. The zero-order valence-electron chi connectivity index (χ0n) is 4.70. The lowest BCUT2D eigenvalue weighted by atomic mass is 9.86. The van der Waals surface area contributed by atoms with Crippen molar-refractivity contribution >= 4 is 0 Å². The van der Waals surface area contributed by atoms with Crippen molar-refractivity contribution in [2.45, 2.75) is 5.79 Å². The van der Waals surface area contributed by atoms with Gasteiger partial charge in [-0.1, -0.05) is 18.2 Å². The SMILES string of the molecule is OC1(O)c2cccc1c2. The Morgan fingerprint density at radius 3 is 1.89 bits per heavy atom. The van der Waals surface area contributed by atoms with E-state index in [2.05, 4.69) is 0 Å². The predicted molar refractivity (Wildman–Crippen MR) is 31.7 cm³/mol. The fraction of sp³-hybridized carbons (Fsp3) is 0.143. The molecule has 2 aliphatic rings. The van der Waals surface area contributed by atoms with E-state index in [1.54, 1.807) is 24.3 Å². The summed E-state index contributed by atoms with van der Waals surface area (Å²) in [6.07, 6.45) is 0. The molecule has 3 rings (SSSR count). The van der Waals surface area contributed by atoms with Gasteiger partial charge in [0.15, 0.2) is 0 Å². The van der Waals surface area contributed by atoms with Gasteiger partial charge in [0.05, 0.1) is 0 Å². The molecule has 0 saturated carbocycles. The zero-order valence-corrected chi connectivity index (χ0v) is 4.70. The number of fused-ring (bicyclic) bond motifs is 2. The van der Waals surface area contributed by atoms with Gasteiger partial charge in [-0.05, 0) is 6.07 Å². The Labute approximate surface area is 52.4 Å². The Balaban J connectivity index is 2.65. The van der Waals surface area contributed by atoms with Gasteiger partial charge in [0.2, 0.25) is 5.79 Å². The maximum Gasteiger partial charge on any atom is 0.217 e. The maximum atomic E-state index is 9.06. The molecule has 0 aromatic heterocycles. The van der Waals surface area contributed by atoms with Gasteiger partial charge in [-0.15, -0.1) is 0 Å². The van der Waals surface area contributed by atoms with Crippen molar-refractivity contribution in [1.29, 1.82) is 0 Å². The lowest BCUT2D eigenvalue weighted by molar-refractivity contribution is -0.143. The summed E-state index contributed by atoms with van der Waals surface area (Å²) in [5, 5.41) is 18.1. The van der Waals surface area contributed by atoms with Crippen LogP contribution in [0.3, 0.4) is 0 Å². The predicted octanol–water partition coefficient (Wildman–Crippen LogP) is 0.186. The first-order chi connectivity index (χ1) is 4.21. The summed E-state index contributed by atoms with van der Waals surface area (Å²) in [6.45, 7) is 0. The standard InChI is InChI=1S/C7H6O2/c8-7(9)5-2-1-3-6(7)4-5/h1-4,8-9H. The third-order valence-corrected chi connectivity index (χ3v) is 1.67. The van der Waals surface area contributed by atoms with E-state index in [0.29, 0.717) is 11.1 Å². The highest BCUT2D eigenvalue weighted by Crippen LogP contribution is 2.35. The molecule has 1 aromatic rings. The van der Waals surface area contributed by atoms with Crippen LogP contribution in [-0.4, -0.2) is 10.2 Å². The van der Waals surface area contributed by atoms with Crippen LogP contribution in [0.4, 0.5) is 0 Å². The van der Waals surface area contributed by atoms with Gasteiger partial charge in [-0.2, -0.15) is 0 Å². The van der Waals surface area contributed by atoms with E-state index >= 15 is 0 Å². The summed E-state index contributed by atoms with van der Waals surface area (Å²) in [6, 6.07) is 6.93. The quantitative estimate of drug-likeness (QED) is 0.482. The second-order valence-electron chi connectivity index (χ2n) is 2.25. The number of hydrogen-bond donors (Lipinski definition) is 2. The van der Waals surface area contributed by atoms with Crippen LogP contribution >= 0.6 is 0 Å². The van der Waals surface area contributed by atoms with Crippen molar-refractivity contribution in [2.75, 3.05) is 0 Å². The van der Waals surface area contributed by atoms with Crippen molar-refractivity contribution in [1.82, 2.24) is 0 Å². The summed E-state index contributed by atoms with van der Waals surface area (Å²) in [4.78, 5) is 0. The third kappa shape index (κ3) is 0.422. The summed E-state index contributed by atoms with van der Waals surface area (Å²) in [5.41, 5.74) is 1.17. The number of hydrogen-bond acceptors (Lipinski definition) is 2. The van der Waals surface area contributed by atoms with Gasteiger partial charge in [0, 0.05) is 11.1 Å². The second-order valence-corrected chi connectivity index (χ2v) is 2.25. The Kier molecular flexibility index (Phi) is 0.648. The van der Waals surface area contributed by atoms with Crippen LogP contribution in [0.2, 0.25) is 0 Å². The van der Waals surface area contributed by atoms with Crippen molar-refractivity contribution < 1.29 is 10.2 Å². The fourth-order valence-electron chi connectivity index (χ4n) is 1.04. The molecule has 0 fully saturated rings. The van der Waals surface area contributed by atoms with E-state index in [0.717, 1.165) is 0 Å². The minimum absolute atomic E-state index is 0.583. The average Bonchev–Trinajstić information content (AvgIpc) is 1.89. The molecule has 0 radical (unpaired) electrons. The minimum Gasteiger partial charge on any atom is -0.358 e. The van der Waals surface area contributed by atoms with Gasteiger partial charge >= 0.3 is 0 Å². The van der Waals surface area contributed by atoms with Gasteiger partial charge < -0.3 is 10.2 Å². The van der Waals surface area contributed by atoms with Crippen LogP contribution < -0.4 is 0 Å². The molecule has 2 heteroatoms. The average molecular weight is 122 g/mol. The van der Waals surface area contributed by atoms with E-state index in [4.69, 9.17) is 10.2 Å². The molecule has 0 spiro atoms. The first-order valence-corrected chi connectivity index (χ1v) is 2.77. The lowest BCUT2D eigenvalue weighted by Crippen LogP contribution is -2.33. The van der Waals surface area contributed by atoms with Crippen molar-refractivity contribution in [2.24, 2.45) is 0 Å². The molecule has 0 aliphatic heterocycles. The molecule has 2 aliphatic carbocycles. The monoisotopic (exact) mass is 122 g/mol. The summed E-state index contributed by atoms with van der Waals surface area (Å²) in [7, 11) is 0. The van der Waals surface area contributed by atoms with Crippen LogP contribution in [0.1, 0.15) is 11.1 Å².